The molecule has 0 aliphatic carbocycles. The molecule has 96 valence electrons. The van der Waals surface area contributed by atoms with Crippen molar-refractivity contribution in [2.45, 2.75) is 33.2 Å². The molecule has 0 saturated carbocycles. The first-order valence-electron chi connectivity index (χ1n) is 5.90. The molecular formula is C14H17BrN2O. The Hall–Kier alpha value is -1.34. The van der Waals surface area contributed by atoms with Crippen molar-refractivity contribution < 1.29 is 4.79 Å². The summed E-state index contributed by atoms with van der Waals surface area (Å²) in [4.78, 5) is 12.0. The normalized spacial score (nSPS) is 15.3. The van der Waals surface area contributed by atoms with E-state index in [4.69, 9.17) is 5.26 Å². The van der Waals surface area contributed by atoms with Crippen LogP contribution in [0.2, 0.25) is 0 Å². The summed E-state index contributed by atoms with van der Waals surface area (Å²) in [6.07, 6.45) is 0.502. The molecule has 2 atom stereocenters. The molecule has 0 heterocycles. The van der Waals surface area contributed by atoms with Gasteiger partial charge in [0.2, 0.25) is 5.91 Å². The lowest BCUT2D eigenvalue weighted by molar-refractivity contribution is -0.128. The third-order valence-corrected chi connectivity index (χ3v) is 3.70. The average Bonchev–Trinajstić information content (AvgIpc) is 2.38. The maximum absolute atomic E-state index is 12.0. The van der Waals surface area contributed by atoms with Crippen molar-refractivity contribution in [3.05, 3.63) is 34.3 Å². The highest BCUT2D eigenvalue weighted by Crippen LogP contribution is 2.22. The molecule has 3 nitrogen and oxygen atoms in total. The molecule has 0 aliphatic heterocycles. The summed E-state index contributed by atoms with van der Waals surface area (Å²) in [6.45, 7) is 5.42. The number of nitrogens with zero attached hydrogens (tertiary/aromatic N) is 1. The molecule has 1 amide bonds. The van der Waals surface area contributed by atoms with Crippen molar-refractivity contribution >= 4 is 21.8 Å². The molecule has 4 heteroatoms. The van der Waals surface area contributed by atoms with Crippen LogP contribution in [0, 0.1) is 16.7 Å². The van der Waals surface area contributed by atoms with Crippen LogP contribution < -0.4 is 5.32 Å². The van der Waals surface area contributed by atoms with Gasteiger partial charge < -0.3 is 5.32 Å². The summed E-state index contributed by atoms with van der Waals surface area (Å²) in [5.74, 6) is -0.220. The first-order valence-corrected chi connectivity index (χ1v) is 6.70. The Morgan fingerprint density at radius 1 is 1.50 bits per heavy atom. The highest BCUT2D eigenvalue weighted by Gasteiger charge is 2.32. The second-order valence-electron chi connectivity index (χ2n) is 4.54. The molecular weight excluding hydrogens is 292 g/mol. The molecule has 0 aliphatic rings. The van der Waals surface area contributed by atoms with Crippen LogP contribution in [0.25, 0.3) is 0 Å². The zero-order valence-corrected chi connectivity index (χ0v) is 12.4. The second kappa shape index (κ2) is 6.01. The summed E-state index contributed by atoms with van der Waals surface area (Å²) in [7, 11) is 0. The van der Waals surface area contributed by atoms with E-state index in [1.807, 2.05) is 38.1 Å². The fourth-order valence-electron chi connectivity index (χ4n) is 1.48. The minimum atomic E-state index is -0.955. The number of halogens is 1. The van der Waals surface area contributed by atoms with Crippen LogP contribution in [0.4, 0.5) is 0 Å². The van der Waals surface area contributed by atoms with Crippen molar-refractivity contribution in [1.29, 1.82) is 5.26 Å². The van der Waals surface area contributed by atoms with Gasteiger partial charge in [-0.2, -0.15) is 5.26 Å². The number of carbonyl (C=O) groups excluding carboxylic acids is 1. The smallest absolute Gasteiger partial charge is 0.240 e. The summed E-state index contributed by atoms with van der Waals surface area (Å²) in [6, 6.07) is 9.73. The molecule has 1 aromatic rings. The lowest BCUT2D eigenvalue weighted by atomic mass is 9.88. The standard InChI is InChI=1S/C14H17BrN2O/c1-4-14(3,9-16)13(18)17-10(2)11-5-7-12(15)8-6-11/h5-8,10H,4H2,1-3H3,(H,17,18). The molecule has 0 saturated heterocycles. The molecule has 0 bridgehead atoms. The third-order valence-electron chi connectivity index (χ3n) is 3.17. The van der Waals surface area contributed by atoms with Crippen LogP contribution in [-0.4, -0.2) is 5.91 Å². The lowest BCUT2D eigenvalue weighted by Gasteiger charge is -2.22. The van der Waals surface area contributed by atoms with Gasteiger partial charge in [-0.15, -0.1) is 0 Å². The number of carbonyl (C=O) groups is 1. The number of benzene rings is 1. The molecule has 0 aromatic heterocycles. The van der Waals surface area contributed by atoms with Gasteiger partial charge in [-0.3, -0.25) is 4.79 Å². The first-order chi connectivity index (χ1) is 8.42. The largest absolute Gasteiger partial charge is 0.348 e. The molecule has 1 N–H and O–H groups in total. The topological polar surface area (TPSA) is 52.9 Å². The summed E-state index contributed by atoms with van der Waals surface area (Å²) < 4.78 is 1.00. The summed E-state index contributed by atoms with van der Waals surface area (Å²) >= 11 is 3.37. The zero-order chi connectivity index (χ0) is 13.8. The predicted molar refractivity (Wildman–Crippen MR) is 74.7 cm³/mol. The van der Waals surface area contributed by atoms with E-state index in [0.717, 1.165) is 10.0 Å². The van der Waals surface area contributed by atoms with Crippen LogP contribution in [0.15, 0.2) is 28.7 Å². The highest BCUT2D eigenvalue weighted by atomic mass is 79.9. The minimum absolute atomic E-state index is 0.107. The Morgan fingerprint density at radius 3 is 2.50 bits per heavy atom. The average molecular weight is 309 g/mol. The van der Waals surface area contributed by atoms with Crippen LogP contribution >= 0.6 is 15.9 Å². The van der Waals surface area contributed by atoms with Gasteiger partial charge in [0.15, 0.2) is 0 Å². The van der Waals surface area contributed by atoms with Gasteiger partial charge in [-0.25, -0.2) is 0 Å². The van der Waals surface area contributed by atoms with Gasteiger partial charge >= 0.3 is 0 Å². The second-order valence-corrected chi connectivity index (χ2v) is 5.46. The van der Waals surface area contributed by atoms with E-state index < -0.39 is 5.41 Å². The first kappa shape index (κ1) is 14.7. The van der Waals surface area contributed by atoms with E-state index in [1.165, 1.54) is 0 Å². The van der Waals surface area contributed by atoms with Crippen molar-refractivity contribution in [2.75, 3.05) is 0 Å². The van der Waals surface area contributed by atoms with E-state index in [2.05, 4.69) is 27.3 Å². The van der Waals surface area contributed by atoms with Crippen LogP contribution in [0.5, 0.6) is 0 Å². The summed E-state index contributed by atoms with van der Waals surface area (Å²) in [5.41, 5.74) is 0.0619. The van der Waals surface area contributed by atoms with E-state index >= 15 is 0 Å². The fraction of sp³-hybridized carbons (Fsp3) is 0.429. The third kappa shape index (κ3) is 3.33. The maximum Gasteiger partial charge on any atom is 0.240 e. The van der Waals surface area contributed by atoms with Crippen molar-refractivity contribution in [3.63, 3.8) is 0 Å². The molecule has 2 unspecified atom stereocenters. The molecule has 18 heavy (non-hydrogen) atoms. The molecule has 1 rings (SSSR count). The van der Waals surface area contributed by atoms with Crippen molar-refractivity contribution in [2.24, 2.45) is 5.41 Å². The number of nitriles is 1. The van der Waals surface area contributed by atoms with Crippen molar-refractivity contribution in [1.82, 2.24) is 5.32 Å². The Labute approximate surface area is 116 Å². The van der Waals surface area contributed by atoms with Gasteiger partial charge in [0.1, 0.15) is 5.41 Å². The minimum Gasteiger partial charge on any atom is -0.348 e. The van der Waals surface area contributed by atoms with Crippen LogP contribution in [0.3, 0.4) is 0 Å². The zero-order valence-electron chi connectivity index (χ0n) is 10.8. The van der Waals surface area contributed by atoms with Gasteiger partial charge in [-0.05, 0) is 38.0 Å². The van der Waals surface area contributed by atoms with Crippen LogP contribution in [0.1, 0.15) is 38.8 Å². The maximum atomic E-state index is 12.0. The van der Waals surface area contributed by atoms with Crippen molar-refractivity contribution in [3.8, 4) is 6.07 Å². The van der Waals surface area contributed by atoms with Crippen LogP contribution in [-0.2, 0) is 4.79 Å². The lowest BCUT2D eigenvalue weighted by Crippen LogP contribution is -2.38. The number of hydrogen-bond donors (Lipinski definition) is 1. The van der Waals surface area contributed by atoms with E-state index in [9.17, 15) is 4.79 Å². The number of nitrogens with one attached hydrogen (secondary N) is 1. The SMILES string of the molecule is CCC(C)(C#N)C(=O)NC(C)c1ccc(Br)cc1. The Morgan fingerprint density at radius 2 is 2.06 bits per heavy atom. The molecule has 0 radical (unpaired) electrons. The van der Waals surface area contributed by atoms with E-state index in [-0.39, 0.29) is 11.9 Å². The molecule has 0 spiro atoms. The molecule has 0 fully saturated rings. The number of rotatable bonds is 4. The highest BCUT2D eigenvalue weighted by molar-refractivity contribution is 9.10. The molecule has 1 aromatic carbocycles. The van der Waals surface area contributed by atoms with E-state index in [0.29, 0.717) is 6.42 Å². The van der Waals surface area contributed by atoms with Gasteiger partial charge in [-0.1, -0.05) is 35.0 Å². The Balaban J connectivity index is 2.77. The van der Waals surface area contributed by atoms with Gasteiger partial charge in [0, 0.05) is 4.47 Å². The number of amides is 1. The van der Waals surface area contributed by atoms with Gasteiger partial charge in [0.05, 0.1) is 12.1 Å². The fourth-order valence-corrected chi connectivity index (χ4v) is 1.75. The summed E-state index contributed by atoms with van der Waals surface area (Å²) in [5, 5.41) is 11.9. The monoisotopic (exact) mass is 308 g/mol. The predicted octanol–water partition coefficient (Wildman–Crippen LogP) is 3.57. The Kier molecular flexibility index (Phi) is 4.92. The van der Waals surface area contributed by atoms with E-state index in [1.54, 1.807) is 6.92 Å². The van der Waals surface area contributed by atoms with Gasteiger partial charge in [0.25, 0.3) is 0 Å². The number of hydrogen-bond acceptors (Lipinski definition) is 2. The quantitative estimate of drug-likeness (QED) is 0.924. The Bertz CT molecular complexity index is 464.